The summed E-state index contributed by atoms with van der Waals surface area (Å²) in [6.45, 7) is 10.7. The second-order valence-corrected chi connectivity index (χ2v) is 11.1. The first-order valence-electron chi connectivity index (χ1n) is 13.2. The normalized spacial score (nSPS) is 14.4. The van der Waals surface area contributed by atoms with Gasteiger partial charge in [-0.25, -0.2) is 9.59 Å². The molecule has 0 aliphatic heterocycles. The first kappa shape index (κ1) is 31.3. The van der Waals surface area contributed by atoms with Crippen molar-refractivity contribution >= 4 is 23.9 Å². The lowest BCUT2D eigenvalue weighted by atomic mass is 9.92. The van der Waals surface area contributed by atoms with E-state index < -0.39 is 53.5 Å². The molecule has 3 amide bonds. The number of hydrogen-bond acceptors (Lipinski definition) is 5. The summed E-state index contributed by atoms with van der Waals surface area (Å²) in [6.07, 6.45) is -0.399. The molecule has 9 nitrogen and oxygen atoms in total. The van der Waals surface area contributed by atoms with Crippen LogP contribution in [0.2, 0.25) is 0 Å². The monoisotopic (exact) mass is 539 g/mol. The van der Waals surface area contributed by atoms with Gasteiger partial charge in [-0.05, 0) is 44.2 Å². The highest BCUT2D eigenvalue weighted by Crippen LogP contribution is 2.20. The van der Waals surface area contributed by atoms with E-state index in [1.165, 1.54) is 0 Å². The maximum atomic E-state index is 13.7. The Morgan fingerprint density at radius 1 is 0.795 bits per heavy atom. The van der Waals surface area contributed by atoms with E-state index in [-0.39, 0.29) is 18.8 Å². The molecule has 2 rings (SSSR count). The number of aliphatic carboxylic acids is 1. The second kappa shape index (κ2) is 14.3. The minimum Gasteiger partial charge on any atom is -0.480 e. The molecule has 4 N–H and O–H groups in total. The van der Waals surface area contributed by atoms with Crippen LogP contribution < -0.4 is 16.0 Å². The molecule has 0 spiro atoms. The zero-order valence-electron chi connectivity index (χ0n) is 23.6. The largest absolute Gasteiger partial charge is 0.480 e. The van der Waals surface area contributed by atoms with Crippen molar-refractivity contribution in [3.63, 3.8) is 0 Å². The van der Waals surface area contributed by atoms with Crippen molar-refractivity contribution in [3.8, 4) is 0 Å². The van der Waals surface area contributed by atoms with E-state index in [1.807, 2.05) is 74.5 Å². The summed E-state index contributed by atoms with van der Waals surface area (Å²) in [7, 11) is 0. The third kappa shape index (κ3) is 10.8. The molecule has 4 atom stereocenters. The number of carbonyl (C=O) groups excluding carboxylic acids is 3. The summed E-state index contributed by atoms with van der Waals surface area (Å²) >= 11 is 0. The SMILES string of the molecule is CC(C)C[C@@H](NC(=O)[C@@H](Cc1ccccc1)NC(=O)[C@H](NC(=O)OC(C)(C)C)[C@H](C)c1ccccc1)C(=O)O. The molecular weight excluding hydrogens is 498 g/mol. The van der Waals surface area contributed by atoms with Gasteiger partial charge in [0, 0.05) is 12.3 Å². The summed E-state index contributed by atoms with van der Waals surface area (Å²) in [4.78, 5) is 51.5. The van der Waals surface area contributed by atoms with Crippen LogP contribution >= 0.6 is 0 Å². The number of hydrogen-bond donors (Lipinski definition) is 4. The standard InChI is InChI=1S/C30H41N3O6/c1-19(2)17-24(28(36)37)32-26(34)23(18-21-13-9-7-10-14-21)31-27(35)25(33-29(38)39-30(4,5)6)20(3)22-15-11-8-12-16-22/h7-16,19-20,23-25H,17-18H2,1-6H3,(H,31,35)(H,32,34)(H,33,38)(H,36,37)/t20-,23-,24-,25-/m1/s1. The molecule has 0 bridgehead atoms. The van der Waals surface area contributed by atoms with Crippen LogP contribution in [0.15, 0.2) is 60.7 Å². The summed E-state index contributed by atoms with van der Waals surface area (Å²) in [6, 6.07) is 15.1. The summed E-state index contributed by atoms with van der Waals surface area (Å²) in [5, 5.41) is 17.7. The minimum atomic E-state index is -1.15. The van der Waals surface area contributed by atoms with Gasteiger partial charge in [0.15, 0.2) is 0 Å². The number of amides is 3. The van der Waals surface area contributed by atoms with E-state index >= 15 is 0 Å². The quantitative estimate of drug-likeness (QED) is 0.322. The first-order valence-corrected chi connectivity index (χ1v) is 13.2. The predicted molar refractivity (Wildman–Crippen MR) is 149 cm³/mol. The van der Waals surface area contributed by atoms with Crippen LogP contribution in [0.3, 0.4) is 0 Å². The Morgan fingerprint density at radius 2 is 1.33 bits per heavy atom. The third-order valence-corrected chi connectivity index (χ3v) is 6.02. The molecule has 0 saturated heterocycles. The fourth-order valence-corrected chi connectivity index (χ4v) is 4.09. The van der Waals surface area contributed by atoms with Crippen LogP contribution in [-0.2, 0) is 25.5 Å². The maximum Gasteiger partial charge on any atom is 0.408 e. The highest BCUT2D eigenvalue weighted by Gasteiger charge is 2.34. The summed E-state index contributed by atoms with van der Waals surface area (Å²) in [5.41, 5.74) is 0.807. The van der Waals surface area contributed by atoms with Gasteiger partial charge in [0.2, 0.25) is 11.8 Å². The highest BCUT2D eigenvalue weighted by molar-refractivity contribution is 5.93. The van der Waals surface area contributed by atoms with Gasteiger partial charge in [-0.15, -0.1) is 0 Å². The number of nitrogens with one attached hydrogen (secondary N) is 3. The van der Waals surface area contributed by atoms with Crippen LogP contribution in [0.4, 0.5) is 4.79 Å². The number of alkyl carbamates (subject to hydrolysis) is 1. The summed E-state index contributed by atoms with van der Waals surface area (Å²) < 4.78 is 5.39. The minimum absolute atomic E-state index is 0.0303. The van der Waals surface area contributed by atoms with Gasteiger partial charge in [0.25, 0.3) is 0 Å². The number of carboxylic acid groups (broad SMARTS) is 1. The van der Waals surface area contributed by atoms with Crippen LogP contribution in [0, 0.1) is 5.92 Å². The number of benzene rings is 2. The molecule has 0 aromatic heterocycles. The van der Waals surface area contributed by atoms with Crippen molar-refractivity contribution in [3.05, 3.63) is 71.8 Å². The summed E-state index contributed by atoms with van der Waals surface area (Å²) in [5.74, 6) is -2.80. The first-order chi connectivity index (χ1) is 18.3. The van der Waals surface area contributed by atoms with Crippen molar-refractivity contribution in [2.75, 3.05) is 0 Å². The van der Waals surface area contributed by atoms with Crippen molar-refractivity contribution in [1.82, 2.24) is 16.0 Å². The fraction of sp³-hybridized carbons (Fsp3) is 0.467. The van der Waals surface area contributed by atoms with E-state index in [0.717, 1.165) is 11.1 Å². The third-order valence-electron chi connectivity index (χ3n) is 6.02. The Morgan fingerprint density at radius 3 is 1.85 bits per heavy atom. The van der Waals surface area contributed by atoms with E-state index in [4.69, 9.17) is 4.74 Å². The Kier molecular flexibility index (Phi) is 11.5. The van der Waals surface area contributed by atoms with Gasteiger partial charge >= 0.3 is 12.1 Å². The van der Waals surface area contributed by atoms with Crippen molar-refractivity contribution in [2.45, 2.75) is 84.0 Å². The van der Waals surface area contributed by atoms with E-state index in [1.54, 1.807) is 27.7 Å². The number of carbonyl (C=O) groups is 4. The van der Waals surface area contributed by atoms with Gasteiger partial charge in [0.1, 0.15) is 23.7 Å². The van der Waals surface area contributed by atoms with E-state index in [0.29, 0.717) is 0 Å². The molecule has 2 aromatic carbocycles. The number of ether oxygens (including phenoxy) is 1. The molecule has 0 unspecified atom stereocenters. The van der Waals surface area contributed by atoms with Gasteiger partial charge in [-0.3, -0.25) is 9.59 Å². The number of carboxylic acids is 1. The average Bonchev–Trinajstić information content (AvgIpc) is 2.85. The van der Waals surface area contributed by atoms with Crippen molar-refractivity contribution in [2.24, 2.45) is 5.92 Å². The van der Waals surface area contributed by atoms with Crippen molar-refractivity contribution in [1.29, 1.82) is 0 Å². The highest BCUT2D eigenvalue weighted by atomic mass is 16.6. The van der Waals surface area contributed by atoms with Crippen LogP contribution in [0.25, 0.3) is 0 Å². The molecule has 0 aliphatic carbocycles. The molecule has 0 aliphatic rings. The topological polar surface area (TPSA) is 134 Å². The maximum absolute atomic E-state index is 13.7. The lowest BCUT2D eigenvalue weighted by molar-refractivity contribution is -0.142. The Balaban J connectivity index is 2.35. The van der Waals surface area contributed by atoms with E-state index in [9.17, 15) is 24.3 Å². The van der Waals surface area contributed by atoms with Crippen molar-refractivity contribution < 1.29 is 29.0 Å². The second-order valence-electron chi connectivity index (χ2n) is 11.1. The molecule has 0 heterocycles. The smallest absolute Gasteiger partial charge is 0.408 e. The predicted octanol–water partition coefficient (Wildman–Crippen LogP) is 4.03. The van der Waals surface area contributed by atoms with Crippen LogP contribution in [0.5, 0.6) is 0 Å². The molecule has 212 valence electrons. The average molecular weight is 540 g/mol. The Labute approximate surface area is 230 Å². The zero-order valence-corrected chi connectivity index (χ0v) is 23.6. The van der Waals surface area contributed by atoms with Gasteiger partial charge in [-0.1, -0.05) is 81.4 Å². The molecule has 2 aromatic rings. The Hall–Kier alpha value is -3.88. The number of rotatable bonds is 12. The lowest BCUT2D eigenvalue weighted by Crippen LogP contribution is -2.57. The molecule has 9 heteroatoms. The molecule has 0 radical (unpaired) electrons. The molecule has 0 fully saturated rings. The zero-order chi connectivity index (χ0) is 29.2. The lowest BCUT2D eigenvalue weighted by Gasteiger charge is -2.29. The van der Waals surface area contributed by atoms with Crippen LogP contribution in [-0.4, -0.2) is 52.7 Å². The molecular formula is C30H41N3O6. The fourth-order valence-electron chi connectivity index (χ4n) is 4.09. The van der Waals surface area contributed by atoms with Gasteiger partial charge < -0.3 is 25.8 Å². The van der Waals surface area contributed by atoms with E-state index in [2.05, 4.69) is 16.0 Å². The molecule has 39 heavy (non-hydrogen) atoms. The molecule has 0 saturated carbocycles. The van der Waals surface area contributed by atoms with Crippen LogP contribution in [0.1, 0.15) is 65.0 Å². The van der Waals surface area contributed by atoms with Gasteiger partial charge in [0.05, 0.1) is 0 Å². The van der Waals surface area contributed by atoms with Gasteiger partial charge in [-0.2, -0.15) is 0 Å². The Bertz CT molecular complexity index is 1100.